The fraction of sp³-hybridized carbons (Fsp3) is 0.389. The van der Waals surface area contributed by atoms with Gasteiger partial charge in [-0.1, -0.05) is 0 Å². The number of thiazole rings is 1. The first-order valence-electron chi connectivity index (χ1n) is 8.66. The van der Waals surface area contributed by atoms with Gasteiger partial charge in [0.05, 0.1) is 28.7 Å². The quantitative estimate of drug-likeness (QED) is 0.721. The molecule has 3 aromatic heterocycles. The lowest BCUT2D eigenvalue weighted by Gasteiger charge is -2.33. The predicted octanol–water partition coefficient (Wildman–Crippen LogP) is 2.62. The zero-order valence-electron chi connectivity index (χ0n) is 14.6. The fourth-order valence-electron chi connectivity index (χ4n) is 3.36. The van der Waals surface area contributed by atoms with Crippen LogP contribution in [-0.2, 0) is 13.1 Å². The van der Waals surface area contributed by atoms with Crippen LogP contribution in [0, 0.1) is 6.92 Å². The lowest BCUT2D eigenvalue weighted by molar-refractivity contribution is 0.0919. The average Bonchev–Trinajstić information content (AvgIpc) is 3.36. The normalized spacial score (nSPS) is 17.2. The molecule has 136 valence electrons. The molecule has 1 aliphatic heterocycles. The van der Waals surface area contributed by atoms with Gasteiger partial charge in [-0.3, -0.25) is 14.4 Å². The minimum absolute atomic E-state index is 0.179. The first-order chi connectivity index (χ1) is 12.7. The molecular formula is C18H21N5O2S. The summed E-state index contributed by atoms with van der Waals surface area (Å²) in [6.07, 6.45) is 4.16. The molecular weight excluding hydrogens is 350 g/mol. The first-order valence-corrected chi connectivity index (χ1v) is 9.54. The van der Waals surface area contributed by atoms with Crippen LogP contribution in [0.5, 0.6) is 0 Å². The Morgan fingerprint density at radius 1 is 1.46 bits per heavy atom. The third-order valence-corrected chi connectivity index (χ3v) is 5.34. The zero-order valence-corrected chi connectivity index (χ0v) is 15.4. The standard InChI is InChI=1S/C18H21N5O2S/c1-13-21-14(12-26-13)9-22-10-15(23-16(11-22)5-7-20-23)4-6-19-18(24)17-3-2-8-25-17/h2-3,5,7-8,12,15H,4,6,9-11H2,1H3,(H,19,24). The molecule has 7 nitrogen and oxygen atoms in total. The molecule has 1 aliphatic rings. The highest BCUT2D eigenvalue weighted by Crippen LogP contribution is 2.24. The smallest absolute Gasteiger partial charge is 0.286 e. The summed E-state index contributed by atoms with van der Waals surface area (Å²) in [5.41, 5.74) is 2.32. The summed E-state index contributed by atoms with van der Waals surface area (Å²) in [4.78, 5) is 19.0. The van der Waals surface area contributed by atoms with Gasteiger partial charge in [-0.25, -0.2) is 4.98 Å². The molecule has 1 amide bonds. The molecule has 0 radical (unpaired) electrons. The van der Waals surface area contributed by atoms with Gasteiger partial charge in [-0.05, 0) is 31.5 Å². The number of nitrogens with one attached hydrogen (secondary N) is 1. The highest BCUT2D eigenvalue weighted by Gasteiger charge is 2.26. The first kappa shape index (κ1) is 17.0. The number of aryl methyl sites for hydroxylation is 1. The molecule has 4 heterocycles. The minimum atomic E-state index is -0.179. The van der Waals surface area contributed by atoms with E-state index in [1.807, 2.05) is 13.1 Å². The number of nitrogens with zero attached hydrogens (tertiary/aromatic N) is 4. The Bertz CT molecular complexity index is 870. The van der Waals surface area contributed by atoms with E-state index in [0.717, 1.165) is 36.8 Å². The number of aromatic nitrogens is 3. The molecule has 1 atom stereocenters. The maximum atomic E-state index is 12.0. The second-order valence-electron chi connectivity index (χ2n) is 6.47. The van der Waals surface area contributed by atoms with Crippen molar-refractivity contribution in [3.63, 3.8) is 0 Å². The van der Waals surface area contributed by atoms with E-state index in [0.29, 0.717) is 12.3 Å². The van der Waals surface area contributed by atoms with Gasteiger partial charge in [0.15, 0.2) is 5.76 Å². The molecule has 4 rings (SSSR count). The third-order valence-electron chi connectivity index (χ3n) is 4.51. The number of amides is 1. The molecule has 0 aliphatic carbocycles. The summed E-state index contributed by atoms with van der Waals surface area (Å²) in [6.45, 7) is 5.20. The topological polar surface area (TPSA) is 76.2 Å². The fourth-order valence-corrected chi connectivity index (χ4v) is 3.96. The Hall–Kier alpha value is -2.45. The van der Waals surface area contributed by atoms with Gasteiger partial charge < -0.3 is 9.73 Å². The second kappa shape index (κ2) is 7.43. The number of hydrogen-bond donors (Lipinski definition) is 1. The van der Waals surface area contributed by atoms with Crippen LogP contribution in [-0.4, -0.2) is 38.7 Å². The number of carbonyl (C=O) groups excluding carboxylic acids is 1. The molecule has 1 N–H and O–H groups in total. The van der Waals surface area contributed by atoms with E-state index in [9.17, 15) is 4.79 Å². The van der Waals surface area contributed by atoms with Crippen molar-refractivity contribution in [2.24, 2.45) is 0 Å². The molecule has 0 fully saturated rings. The van der Waals surface area contributed by atoms with Crippen molar-refractivity contribution in [1.82, 2.24) is 25.0 Å². The van der Waals surface area contributed by atoms with Gasteiger partial charge in [-0.15, -0.1) is 11.3 Å². The zero-order chi connectivity index (χ0) is 17.9. The second-order valence-corrected chi connectivity index (χ2v) is 7.53. The molecule has 0 aromatic carbocycles. The van der Waals surface area contributed by atoms with Gasteiger partial charge in [0, 0.05) is 37.8 Å². The van der Waals surface area contributed by atoms with E-state index in [1.165, 1.54) is 12.0 Å². The van der Waals surface area contributed by atoms with E-state index in [-0.39, 0.29) is 11.9 Å². The molecule has 1 unspecified atom stereocenters. The van der Waals surface area contributed by atoms with E-state index >= 15 is 0 Å². The number of rotatable bonds is 6. The summed E-state index contributed by atoms with van der Waals surface area (Å²) >= 11 is 1.69. The van der Waals surface area contributed by atoms with Crippen molar-refractivity contribution in [2.45, 2.75) is 32.5 Å². The van der Waals surface area contributed by atoms with E-state index in [1.54, 1.807) is 23.5 Å². The van der Waals surface area contributed by atoms with Gasteiger partial charge in [0.25, 0.3) is 5.91 Å². The Labute approximate surface area is 155 Å². The number of carbonyl (C=O) groups is 1. The Balaban J connectivity index is 1.37. The predicted molar refractivity (Wildman–Crippen MR) is 97.9 cm³/mol. The van der Waals surface area contributed by atoms with Crippen LogP contribution in [0.2, 0.25) is 0 Å². The lowest BCUT2D eigenvalue weighted by atomic mass is 10.1. The van der Waals surface area contributed by atoms with Crippen LogP contribution in [0.25, 0.3) is 0 Å². The summed E-state index contributed by atoms with van der Waals surface area (Å²) in [7, 11) is 0. The largest absolute Gasteiger partial charge is 0.459 e. The number of furan rings is 1. The maximum Gasteiger partial charge on any atom is 0.286 e. The van der Waals surface area contributed by atoms with Crippen molar-refractivity contribution in [3.05, 3.63) is 58.2 Å². The van der Waals surface area contributed by atoms with Crippen LogP contribution >= 0.6 is 11.3 Å². The van der Waals surface area contributed by atoms with Crippen LogP contribution in [0.15, 0.2) is 40.5 Å². The molecule has 0 saturated heterocycles. The monoisotopic (exact) mass is 371 g/mol. The van der Waals surface area contributed by atoms with Crippen molar-refractivity contribution in [2.75, 3.05) is 13.1 Å². The van der Waals surface area contributed by atoms with E-state index < -0.39 is 0 Å². The molecule has 3 aromatic rings. The number of fused-ring (bicyclic) bond motifs is 1. The minimum Gasteiger partial charge on any atom is -0.459 e. The van der Waals surface area contributed by atoms with E-state index in [2.05, 4.69) is 36.4 Å². The SMILES string of the molecule is Cc1nc(CN2Cc3ccnn3C(CCNC(=O)c3ccco3)C2)cs1. The van der Waals surface area contributed by atoms with Crippen LogP contribution in [0.3, 0.4) is 0 Å². The average molecular weight is 371 g/mol. The molecule has 0 bridgehead atoms. The summed E-state index contributed by atoms with van der Waals surface area (Å²) in [5.74, 6) is 0.162. The Kier molecular flexibility index (Phi) is 4.85. The molecule has 0 spiro atoms. The highest BCUT2D eigenvalue weighted by molar-refractivity contribution is 7.09. The van der Waals surface area contributed by atoms with Crippen LogP contribution < -0.4 is 5.32 Å². The maximum absolute atomic E-state index is 12.0. The summed E-state index contributed by atoms with van der Waals surface area (Å²) < 4.78 is 7.21. The summed E-state index contributed by atoms with van der Waals surface area (Å²) in [6, 6.07) is 5.67. The third kappa shape index (κ3) is 3.71. The number of hydrogen-bond acceptors (Lipinski definition) is 6. The van der Waals surface area contributed by atoms with E-state index in [4.69, 9.17) is 4.42 Å². The molecule has 0 saturated carbocycles. The lowest BCUT2D eigenvalue weighted by Crippen LogP contribution is -2.39. The van der Waals surface area contributed by atoms with Gasteiger partial charge >= 0.3 is 0 Å². The van der Waals surface area contributed by atoms with Gasteiger partial charge in [0.2, 0.25) is 0 Å². The van der Waals surface area contributed by atoms with Gasteiger partial charge in [-0.2, -0.15) is 5.10 Å². The Morgan fingerprint density at radius 2 is 2.38 bits per heavy atom. The molecule has 8 heteroatoms. The van der Waals surface area contributed by atoms with Crippen LogP contribution in [0.4, 0.5) is 0 Å². The highest BCUT2D eigenvalue weighted by atomic mass is 32.1. The van der Waals surface area contributed by atoms with Crippen molar-refractivity contribution >= 4 is 17.2 Å². The van der Waals surface area contributed by atoms with Gasteiger partial charge in [0.1, 0.15) is 0 Å². The van der Waals surface area contributed by atoms with Crippen LogP contribution in [0.1, 0.15) is 39.4 Å². The van der Waals surface area contributed by atoms with Crippen molar-refractivity contribution in [1.29, 1.82) is 0 Å². The Morgan fingerprint density at radius 3 is 3.15 bits per heavy atom. The van der Waals surface area contributed by atoms with Crippen molar-refractivity contribution < 1.29 is 9.21 Å². The summed E-state index contributed by atoms with van der Waals surface area (Å²) in [5, 5.41) is 10.6. The van der Waals surface area contributed by atoms with Crippen molar-refractivity contribution in [3.8, 4) is 0 Å². The molecule has 26 heavy (non-hydrogen) atoms.